The molecule has 60 valence electrons. The summed E-state index contributed by atoms with van der Waals surface area (Å²) in [6, 6.07) is 0. The van der Waals surface area contributed by atoms with Crippen molar-refractivity contribution >= 4 is 5.84 Å². The van der Waals surface area contributed by atoms with E-state index in [4.69, 9.17) is 0 Å². The highest BCUT2D eigenvalue weighted by molar-refractivity contribution is 5.81. The second-order valence-corrected chi connectivity index (χ2v) is 2.64. The summed E-state index contributed by atoms with van der Waals surface area (Å²) in [5, 5.41) is 0. The molecule has 0 saturated carbocycles. The molecule has 0 N–H and O–H groups in total. The van der Waals surface area contributed by atoms with Crippen LogP contribution in [0, 0.1) is 0 Å². The van der Waals surface area contributed by atoms with Gasteiger partial charge in [0.1, 0.15) is 0 Å². The summed E-state index contributed by atoms with van der Waals surface area (Å²) in [4.78, 5) is 6.25. The minimum atomic E-state index is 1.11. The predicted molar refractivity (Wildman–Crippen MR) is 46.6 cm³/mol. The number of amidine groups is 1. The van der Waals surface area contributed by atoms with Crippen LogP contribution in [0.1, 0.15) is 26.2 Å². The molecule has 0 bridgehead atoms. The Balaban J connectivity index is 3.63. The molecule has 0 heterocycles. The van der Waals surface area contributed by atoms with E-state index in [1.807, 2.05) is 21.1 Å². The van der Waals surface area contributed by atoms with E-state index in [-0.39, 0.29) is 0 Å². The minimum Gasteiger partial charge on any atom is -0.367 e. The van der Waals surface area contributed by atoms with Gasteiger partial charge in [-0.3, -0.25) is 4.99 Å². The molecule has 0 spiro atoms. The van der Waals surface area contributed by atoms with Crippen LogP contribution in [0.5, 0.6) is 0 Å². The van der Waals surface area contributed by atoms with Crippen LogP contribution in [-0.4, -0.2) is 31.9 Å². The lowest BCUT2D eigenvalue weighted by molar-refractivity contribution is 0.593. The molecule has 2 nitrogen and oxygen atoms in total. The minimum absolute atomic E-state index is 1.11. The summed E-state index contributed by atoms with van der Waals surface area (Å²) in [6.45, 7) is 2.20. The predicted octanol–water partition coefficient (Wildman–Crippen LogP) is 1.77. The van der Waals surface area contributed by atoms with Gasteiger partial charge in [-0.25, -0.2) is 0 Å². The van der Waals surface area contributed by atoms with Crippen molar-refractivity contribution in [2.24, 2.45) is 4.99 Å². The Bertz CT molecular complexity index is 106. The molecule has 2 heteroatoms. The van der Waals surface area contributed by atoms with Crippen molar-refractivity contribution in [3.05, 3.63) is 0 Å². The first-order valence-electron chi connectivity index (χ1n) is 3.85. The average Bonchev–Trinajstić information content (AvgIpc) is 1.89. The van der Waals surface area contributed by atoms with Crippen LogP contribution < -0.4 is 0 Å². The molecule has 0 amide bonds. The second kappa shape index (κ2) is 5.27. The number of nitrogens with zero attached hydrogens (tertiary/aromatic N) is 2. The van der Waals surface area contributed by atoms with Gasteiger partial charge in [0, 0.05) is 27.6 Å². The molecule has 10 heavy (non-hydrogen) atoms. The van der Waals surface area contributed by atoms with Gasteiger partial charge in [-0.15, -0.1) is 0 Å². The van der Waals surface area contributed by atoms with Crippen molar-refractivity contribution < 1.29 is 0 Å². The van der Waals surface area contributed by atoms with E-state index in [1.165, 1.54) is 18.7 Å². The Hall–Kier alpha value is -0.530. The fourth-order valence-corrected chi connectivity index (χ4v) is 0.870. The van der Waals surface area contributed by atoms with E-state index < -0.39 is 0 Å². The number of hydrogen-bond acceptors (Lipinski definition) is 1. The number of unbranched alkanes of at least 4 members (excludes halogenated alkanes) is 1. The highest BCUT2D eigenvalue weighted by Crippen LogP contribution is 1.98. The molecule has 0 unspecified atom stereocenters. The van der Waals surface area contributed by atoms with E-state index in [2.05, 4.69) is 16.8 Å². The van der Waals surface area contributed by atoms with Gasteiger partial charge < -0.3 is 4.90 Å². The van der Waals surface area contributed by atoms with Crippen molar-refractivity contribution in [2.45, 2.75) is 26.2 Å². The van der Waals surface area contributed by atoms with Gasteiger partial charge in [0.2, 0.25) is 0 Å². The normalized spacial score (nSPS) is 11.8. The molecule has 0 fully saturated rings. The lowest BCUT2D eigenvalue weighted by atomic mass is 10.2. The topological polar surface area (TPSA) is 15.6 Å². The van der Waals surface area contributed by atoms with Crippen LogP contribution >= 0.6 is 0 Å². The fourth-order valence-electron chi connectivity index (χ4n) is 0.870. The Labute approximate surface area is 63.9 Å². The maximum Gasteiger partial charge on any atom is 0.0980 e. The number of hydrogen-bond donors (Lipinski definition) is 0. The van der Waals surface area contributed by atoms with Gasteiger partial charge in [-0.2, -0.15) is 0 Å². The molecule has 0 aromatic rings. The van der Waals surface area contributed by atoms with Gasteiger partial charge in [-0.05, 0) is 6.42 Å². The van der Waals surface area contributed by atoms with Gasteiger partial charge in [0.15, 0.2) is 0 Å². The summed E-state index contributed by atoms with van der Waals surface area (Å²) in [6.07, 6.45) is 3.59. The second-order valence-electron chi connectivity index (χ2n) is 2.64. The average molecular weight is 142 g/mol. The van der Waals surface area contributed by atoms with E-state index in [9.17, 15) is 0 Å². The van der Waals surface area contributed by atoms with Gasteiger partial charge in [0.05, 0.1) is 5.84 Å². The summed E-state index contributed by atoms with van der Waals surface area (Å²) in [7, 11) is 5.93. The quantitative estimate of drug-likeness (QED) is 0.433. The molecule has 0 aliphatic rings. The lowest BCUT2D eigenvalue weighted by Crippen LogP contribution is -2.21. The molecule has 0 atom stereocenters. The van der Waals surface area contributed by atoms with Crippen molar-refractivity contribution in [3.63, 3.8) is 0 Å². The smallest absolute Gasteiger partial charge is 0.0980 e. The zero-order valence-corrected chi connectivity index (χ0v) is 7.52. The van der Waals surface area contributed by atoms with Crippen molar-refractivity contribution in [2.75, 3.05) is 21.1 Å². The highest BCUT2D eigenvalue weighted by Gasteiger charge is 1.97. The first kappa shape index (κ1) is 9.47. The molecular formula is C8H18N2. The monoisotopic (exact) mass is 142 g/mol. The van der Waals surface area contributed by atoms with Crippen molar-refractivity contribution in [1.29, 1.82) is 0 Å². The van der Waals surface area contributed by atoms with Crippen LogP contribution in [0.15, 0.2) is 4.99 Å². The van der Waals surface area contributed by atoms with E-state index >= 15 is 0 Å². The molecule has 0 rings (SSSR count). The number of aliphatic imine (C=N–C) groups is 1. The van der Waals surface area contributed by atoms with Gasteiger partial charge in [0.25, 0.3) is 0 Å². The highest BCUT2D eigenvalue weighted by atomic mass is 15.1. The zero-order valence-electron chi connectivity index (χ0n) is 7.52. The van der Waals surface area contributed by atoms with Crippen LogP contribution in [-0.2, 0) is 0 Å². The lowest BCUT2D eigenvalue weighted by Gasteiger charge is -2.14. The Kier molecular flexibility index (Phi) is 4.99. The molecular weight excluding hydrogens is 124 g/mol. The van der Waals surface area contributed by atoms with Gasteiger partial charge >= 0.3 is 0 Å². The summed E-state index contributed by atoms with van der Waals surface area (Å²) >= 11 is 0. The molecule has 0 saturated heterocycles. The largest absolute Gasteiger partial charge is 0.367 e. The van der Waals surface area contributed by atoms with Crippen LogP contribution in [0.25, 0.3) is 0 Å². The standard InChI is InChI=1S/C8H18N2/c1-5-6-7-8(9-2)10(3)4/h5-7H2,1-4H3/b9-8-. The molecule has 0 aromatic carbocycles. The summed E-state index contributed by atoms with van der Waals surface area (Å²) in [5.41, 5.74) is 0. The van der Waals surface area contributed by atoms with Crippen molar-refractivity contribution in [1.82, 2.24) is 4.90 Å². The van der Waals surface area contributed by atoms with E-state index in [0.717, 1.165) is 6.42 Å². The summed E-state index contributed by atoms with van der Waals surface area (Å²) < 4.78 is 0. The fraction of sp³-hybridized carbons (Fsp3) is 0.875. The first-order valence-corrected chi connectivity index (χ1v) is 3.85. The van der Waals surface area contributed by atoms with Crippen molar-refractivity contribution in [3.8, 4) is 0 Å². The number of rotatable bonds is 3. The SMILES string of the molecule is CCCC/C(=N/C)N(C)C. The third-order valence-electron chi connectivity index (χ3n) is 1.53. The van der Waals surface area contributed by atoms with E-state index in [1.54, 1.807) is 0 Å². The zero-order chi connectivity index (χ0) is 7.98. The Morgan fingerprint density at radius 3 is 2.30 bits per heavy atom. The van der Waals surface area contributed by atoms with Crippen LogP contribution in [0.2, 0.25) is 0 Å². The molecule has 0 aliphatic carbocycles. The molecule has 0 aliphatic heterocycles. The van der Waals surface area contributed by atoms with Crippen LogP contribution in [0.3, 0.4) is 0 Å². The van der Waals surface area contributed by atoms with Crippen LogP contribution in [0.4, 0.5) is 0 Å². The first-order chi connectivity index (χ1) is 4.72. The third-order valence-corrected chi connectivity index (χ3v) is 1.53. The third kappa shape index (κ3) is 3.49. The Morgan fingerprint density at radius 1 is 1.40 bits per heavy atom. The Morgan fingerprint density at radius 2 is 2.00 bits per heavy atom. The maximum atomic E-state index is 4.17. The molecule has 0 aromatic heterocycles. The summed E-state index contributed by atoms with van der Waals surface area (Å²) in [5.74, 6) is 1.20. The molecule has 0 radical (unpaired) electrons. The maximum absolute atomic E-state index is 4.17. The van der Waals surface area contributed by atoms with Gasteiger partial charge in [-0.1, -0.05) is 13.3 Å². The van der Waals surface area contributed by atoms with E-state index in [0.29, 0.717) is 0 Å².